The van der Waals surface area contributed by atoms with E-state index in [1.54, 1.807) is 7.11 Å². The summed E-state index contributed by atoms with van der Waals surface area (Å²) in [7, 11) is 1.80. The minimum Gasteiger partial charge on any atom is -0.376 e. The first-order valence-electron chi connectivity index (χ1n) is 6.97. The van der Waals surface area contributed by atoms with Gasteiger partial charge in [0, 0.05) is 11.6 Å². The van der Waals surface area contributed by atoms with Crippen LogP contribution in [0.3, 0.4) is 0 Å². The maximum Gasteiger partial charge on any atom is 0.0847 e. The van der Waals surface area contributed by atoms with Crippen molar-refractivity contribution >= 4 is 15.9 Å². The molecular weight excluding hydrogens is 300 g/mol. The lowest BCUT2D eigenvalue weighted by molar-refractivity contribution is 0.0640. The van der Waals surface area contributed by atoms with Crippen LogP contribution in [0.25, 0.3) is 0 Å². The van der Waals surface area contributed by atoms with E-state index in [9.17, 15) is 0 Å². The predicted octanol–water partition coefficient (Wildman–Crippen LogP) is 5.69. The van der Waals surface area contributed by atoms with Gasteiger partial charge in [-0.3, -0.25) is 0 Å². The first kappa shape index (κ1) is 16.7. The second-order valence-corrected chi connectivity index (χ2v) is 7.78. The molecule has 0 N–H and O–H groups in total. The van der Waals surface area contributed by atoms with E-state index in [4.69, 9.17) is 4.74 Å². The number of rotatable bonds is 4. The fraction of sp³-hybridized carbons (Fsp3) is 0.647. The Balaban J connectivity index is 3.23. The summed E-state index contributed by atoms with van der Waals surface area (Å²) in [6.45, 7) is 13.4. The average molecular weight is 327 g/mol. The highest BCUT2D eigenvalue weighted by atomic mass is 79.9. The number of benzene rings is 1. The van der Waals surface area contributed by atoms with Crippen molar-refractivity contribution in [2.24, 2.45) is 11.3 Å². The summed E-state index contributed by atoms with van der Waals surface area (Å²) in [4.78, 5) is 0. The zero-order chi connectivity index (χ0) is 14.8. The summed E-state index contributed by atoms with van der Waals surface area (Å²) in [6, 6.07) is 4.57. The predicted molar refractivity (Wildman–Crippen MR) is 86.6 cm³/mol. The molecule has 0 unspecified atom stereocenters. The van der Waals surface area contributed by atoms with Gasteiger partial charge in [-0.2, -0.15) is 0 Å². The molecule has 0 aliphatic carbocycles. The van der Waals surface area contributed by atoms with Crippen LogP contribution in [-0.2, 0) is 11.2 Å². The van der Waals surface area contributed by atoms with Crippen molar-refractivity contribution in [2.75, 3.05) is 7.11 Å². The van der Waals surface area contributed by atoms with Crippen LogP contribution in [0.5, 0.6) is 0 Å². The van der Waals surface area contributed by atoms with E-state index in [-0.39, 0.29) is 6.10 Å². The van der Waals surface area contributed by atoms with Crippen LogP contribution in [0.1, 0.15) is 57.4 Å². The van der Waals surface area contributed by atoms with Crippen molar-refractivity contribution in [1.82, 2.24) is 0 Å². The highest BCUT2D eigenvalue weighted by molar-refractivity contribution is 9.10. The molecule has 1 aromatic rings. The van der Waals surface area contributed by atoms with E-state index in [1.807, 2.05) is 0 Å². The van der Waals surface area contributed by atoms with Crippen LogP contribution >= 0.6 is 15.9 Å². The summed E-state index contributed by atoms with van der Waals surface area (Å²) >= 11 is 3.70. The Hall–Kier alpha value is -0.340. The molecule has 0 aliphatic heterocycles. The number of hydrogen-bond acceptors (Lipinski definition) is 1. The summed E-state index contributed by atoms with van der Waals surface area (Å²) in [6.07, 6.45) is 1.24. The fourth-order valence-corrected chi connectivity index (χ4v) is 3.05. The molecule has 19 heavy (non-hydrogen) atoms. The second-order valence-electron chi connectivity index (χ2n) is 6.93. The molecule has 0 bridgehead atoms. The topological polar surface area (TPSA) is 9.23 Å². The first-order valence-corrected chi connectivity index (χ1v) is 7.76. The lowest BCUT2D eigenvalue weighted by Gasteiger charge is -2.25. The van der Waals surface area contributed by atoms with Gasteiger partial charge in [-0.1, -0.05) is 56.6 Å². The number of hydrogen-bond donors (Lipinski definition) is 0. The molecule has 0 amide bonds. The highest BCUT2D eigenvalue weighted by Crippen LogP contribution is 2.34. The zero-order valence-corrected chi connectivity index (χ0v) is 14.9. The van der Waals surface area contributed by atoms with E-state index < -0.39 is 0 Å². The number of halogens is 1. The van der Waals surface area contributed by atoms with E-state index >= 15 is 0 Å². The molecule has 0 heterocycles. The highest BCUT2D eigenvalue weighted by Gasteiger charge is 2.20. The van der Waals surface area contributed by atoms with E-state index in [2.05, 4.69) is 69.6 Å². The van der Waals surface area contributed by atoms with Gasteiger partial charge in [-0.05, 0) is 47.4 Å². The van der Waals surface area contributed by atoms with Gasteiger partial charge in [0.25, 0.3) is 0 Å². The SMILES string of the molecule is CO[C@@H](c1cc(CC(C)(C)C)cc(Br)c1C)C(C)C. The molecule has 108 valence electrons. The largest absolute Gasteiger partial charge is 0.376 e. The summed E-state index contributed by atoms with van der Waals surface area (Å²) in [5.41, 5.74) is 4.28. The standard InChI is InChI=1S/C17H27BrO/c1-11(2)16(19-7)14-8-13(10-17(4,5)6)9-15(18)12(14)3/h8-9,11,16H,10H2,1-7H3/t16-/m1/s1. The Morgan fingerprint density at radius 3 is 2.21 bits per heavy atom. The average Bonchev–Trinajstić information content (AvgIpc) is 2.23. The lowest BCUT2D eigenvalue weighted by atomic mass is 9.85. The zero-order valence-electron chi connectivity index (χ0n) is 13.3. The molecule has 0 saturated carbocycles. The molecule has 1 atom stereocenters. The van der Waals surface area contributed by atoms with Gasteiger partial charge < -0.3 is 4.74 Å². The van der Waals surface area contributed by atoms with Crippen LogP contribution in [0.2, 0.25) is 0 Å². The van der Waals surface area contributed by atoms with Gasteiger partial charge in [-0.25, -0.2) is 0 Å². The van der Waals surface area contributed by atoms with Crippen molar-refractivity contribution in [2.45, 2.75) is 54.1 Å². The van der Waals surface area contributed by atoms with E-state index in [0.29, 0.717) is 11.3 Å². The van der Waals surface area contributed by atoms with Crippen molar-refractivity contribution in [3.05, 3.63) is 33.3 Å². The third-order valence-corrected chi connectivity index (χ3v) is 4.17. The third-order valence-electron chi connectivity index (χ3n) is 3.34. The van der Waals surface area contributed by atoms with Gasteiger partial charge in [0.15, 0.2) is 0 Å². The van der Waals surface area contributed by atoms with Gasteiger partial charge in [-0.15, -0.1) is 0 Å². The normalized spacial score (nSPS) is 13.9. The van der Waals surface area contributed by atoms with Gasteiger partial charge >= 0.3 is 0 Å². The maximum atomic E-state index is 5.70. The van der Waals surface area contributed by atoms with Crippen molar-refractivity contribution < 1.29 is 4.74 Å². The number of methoxy groups -OCH3 is 1. The van der Waals surface area contributed by atoms with Gasteiger partial charge in [0.1, 0.15) is 0 Å². The van der Waals surface area contributed by atoms with Crippen molar-refractivity contribution in [3.63, 3.8) is 0 Å². The number of ether oxygens (including phenoxy) is 1. The smallest absolute Gasteiger partial charge is 0.0847 e. The molecule has 0 radical (unpaired) electrons. The molecular formula is C17H27BrO. The molecule has 0 saturated heterocycles. The van der Waals surface area contributed by atoms with Crippen LogP contribution in [-0.4, -0.2) is 7.11 Å². The Morgan fingerprint density at radius 1 is 1.21 bits per heavy atom. The molecule has 0 aliphatic rings. The molecule has 1 rings (SSSR count). The molecule has 1 aromatic carbocycles. The Morgan fingerprint density at radius 2 is 1.79 bits per heavy atom. The first-order chi connectivity index (χ1) is 8.65. The lowest BCUT2D eigenvalue weighted by Crippen LogP contribution is -2.13. The molecule has 0 aromatic heterocycles. The second kappa shape index (κ2) is 6.41. The molecule has 0 fully saturated rings. The van der Waals surface area contributed by atoms with Crippen molar-refractivity contribution in [1.29, 1.82) is 0 Å². The van der Waals surface area contributed by atoms with E-state index in [0.717, 1.165) is 6.42 Å². The van der Waals surface area contributed by atoms with Crippen LogP contribution in [0, 0.1) is 18.3 Å². The maximum absolute atomic E-state index is 5.70. The van der Waals surface area contributed by atoms with Gasteiger partial charge in [0.2, 0.25) is 0 Å². The third kappa shape index (κ3) is 4.61. The minimum atomic E-state index is 0.163. The Bertz CT molecular complexity index is 430. The molecule has 1 nitrogen and oxygen atoms in total. The van der Waals surface area contributed by atoms with Crippen LogP contribution in [0.15, 0.2) is 16.6 Å². The summed E-state index contributed by atoms with van der Waals surface area (Å²) in [5.74, 6) is 0.473. The summed E-state index contributed by atoms with van der Waals surface area (Å²) < 4.78 is 6.88. The minimum absolute atomic E-state index is 0.163. The van der Waals surface area contributed by atoms with Crippen LogP contribution < -0.4 is 0 Å². The Labute approximate surface area is 126 Å². The van der Waals surface area contributed by atoms with E-state index in [1.165, 1.54) is 21.2 Å². The Kier molecular flexibility index (Phi) is 5.64. The molecule has 0 spiro atoms. The molecule has 2 heteroatoms. The van der Waals surface area contributed by atoms with Crippen molar-refractivity contribution in [3.8, 4) is 0 Å². The van der Waals surface area contributed by atoms with Gasteiger partial charge in [0.05, 0.1) is 6.10 Å². The monoisotopic (exact) mass is 326 g/mol. The quantitative estimate of drug-likeness (QED) is 0.690. The fourth-order valence-electron chi connectivity index (χ4n) is 2.53. The summed E-state index contributed by atoms with van der Waals surface area (Å²) in [5, 5.41) is 0. The van der Waals surface area contributed by atoms with Crippen LogP contribution in [0.4, 0.5) is 0 Å².